The fourth-order valence-corrected chi connectivity index (χ4v) is 5.43. The predicted molar refractivity (Wildman–Crippen MR) is 105 cm³/mol. The summed E-state index contributed by atoms with van der Waals surface area (Å²) in [6, 6.07) is -0.950. The van der Waals surface area contributed by atoms with Crippen molar-refractivity contribution in [3.8, 4) is 0 Å². The molecule has 2 aliphatic rings. The Bertz CT molecular complexity index is 915. The van der Waals surface area contributed by atoms with E-state index in [1.807, 2.05) is 0 Å². The van der Waals surface area contributed by atoms with Crippen LogP contribution in [0.5, 0.6) is 0 Å². The lowest BCUT2D eigenvalue weighted by molar-refractivity contribution is -0.150. The maximum Gasteiger partial charge on any atom is 0.353 e. The van der Waals surface area contributed by atoms with E-state index in [-0.39, 0.29) is 17.1 Å². The second kappa shape index (κ2) is 8.84. The molecule has 2 atom stereocenters. The Morgan fingerprint density at radius 1 is 1.45 bits per heavy atom. The molecule has 0 spiro atoms. The van der Waals surface area contributed by atoms with E-state index < -0.39 is 41.8 Å². The third kappa shape index (κ3) is 4.23. The van der Waals surface area contributed by atoms with E-state index in [2.05, 4.69) is 20.3 Å². The van der Waals surface area contributed by atoms with Gasteiger partial charge >= 0.3 is 11.9 Å². The number of carboxylic acid groups (broad SMARTS) is 2. The summed E-state index contributed by atoms with van der Waals surface area (Å²) in [6.07, 6.45) is 1.73. The topological polar surface area (TPSA) is 158 Å². The number of carbonyl (C=O) groups excluding carboxylic acids is 2. The van der Waals surface area contributed by atoms with Gasteiger partial charge in [-0.05, 0) is 6.26 Å². The lowest BCUT2D eigenvalue weighted by Gasteiger charge is -2.49. The van der Waals surface area contributed by atoms with Gasteiger partial charge in [0.2, 0.25) is 6.61 Å². The molecule has 11 nitrogen and oxygen atoms in total. The number of amides is 2. The maximum absolute atomic E-state index is 12.7. The van der Waals surface area contributed by atoms with Crippen LogP contribution in [0.4, 0.5) is 0 Å². The minimum absolute atomic E-state index is 0.0741. The molecule has 154 valence electrons. The SMILES string of the molecule is CSC1=C(C(=O)O)N2C(=O)C(NC(=O)/C(=N/OCC(=O)O)c3cscn3)[C@H]2SC1. The average Bonchev–Trinajstić information content (AvgIpc) is 3.21. The molecule has 1 unspecified atom stereocenters. The van der Waals surface area contributed by atoms with Crippen LogP contribution in [0.15, 0.2) is 26.6 Å². The fourth-order valence-electron chi connectivity index (χ4n) is 2.64. The molecule has 1 fully saturated rings. The molecule has 0 saturated carbocycles. The summed E-state index contributed by atoms with van der Waals surface area (Å²) in [4.78, 5) is 57.7. The fraction of sp³-hybridized carbons (Fsp3) is 0.333. The summed E-state index contributed by atoms with van der Waals surface area (Å²) in [6.45, 7) is -0.750. The first kappa shape index (κ1) is 21.1. The van der Waals surface area contributed by atoms with Crippen LogP contribution >= 0.6 is 34.9 Å². The van der Waals surface area contributed by atoms with Gasteiger partial charge in [-0.3, -0.25) is 14.5 Å². The van der Waals surface area contributed by atoms with Crippen molar-refractivity contribution in [3.05, 3.63) is 27.2 Å². The molecule has 0 aliphatic carbocycles. The van der Waals surface area contributed by atoms with Crippen molar-refractivity contribution in [2.24, 2.45) is 5.16 Å². The van der Waals surface area contributed by atoms with Crippen LogP contribution in [-0.2, 0) is 24.0 Å². The first-order valence-electron chi connectivity index (χ1n) is 7.91. The highest BCUT2D eigenvalue weighted by atomic mass is 32.2. The summed E-state index contributed by atoms with van der Waals surface area (Å²) in [5.74, 6) is -3.41. The molecule has 3 rings (SSSR count). The smallest absolute Gasteiger partial charge is 0.353 e. The van der Waals surface area contributed by atoms with E-state index >= 15 is 0 Å². The lowest BCUT2D eigenvalue weighted by atomic mass is 10.0. The van der Waals surface area contributed by atoms with Gasteiger partial charge in [0.1, 0.15) is 22.8 Å². The van der Waals surface area contributed by atoms with Gasteiger partial charge in [0, 0.05) is 16.0 Å². The van der Waals surface area contributed by atoms with Gasteiger partial charge in [-0.2, -0.15) is 0 Å². The van der Waals surface area contributed by atoms with Crippen molar-refractivity contribution in [2.45, 2.75) is 11.4 Å². The molecule has 2 amide bonds. The minimum Gasteiger partial charge on any atom is -0.479 e. The monoisotopic (exact) mass is 458 g/mol. The third-order valence-corrected chi connectivity index (χ3v) is 6.78. The van der Waals surface area contributed by atoms with E-state index in [1.54, 1.807) is 6.26 Å². The van der Waals surface area contributed by atoms with Crippen molar-refractivity contribution in [2.75, 3.05) is 18.6 Å². The standard InChI is InChI=1S/C15H14N4O7S3/c1-27-7-4-29-14-10(13(23)19(14)11(7)15(24)25)17-12(22)9(6-3-28-5-16-6)18-26-2-8(20)21/h3,5,10,14H,2,4H2,1H3,(H,17,22)(H,20,21)(H,24,25)/b18-9+/t10?,14-/m1/s1. The molecule has 3 N–H and O–H groups in total. The number of hydrogen-bond donors (Lipinski definition) is 3. The van der Waals surface area contributed by atoms with Crippen molar-refractivity contribution >= 4 is 64.3 Å². The zero-order valence-electron chi connectivity index (χ0n) is 14.7. The molecule has 0 bridgehead atoms. The molecule has 1 saturated heterocycles. The molecule has 14 heteroatoms. The van der Waals surface area contributed by atoms with Gasteiger partial charge in [-0.1, -0.05) is 5.16 Å². The lowest BCUT2D eigenvalue weighted by Crippen LogP contribution is -2.71. The van der Waals surface area contributed by atoms with Crippen molar-refractivity contribution in [1.82, 2.24) is 15.2 Å². The number of carboxylic acids is 2. The summed E-state index contributed by atoms with van der Waals surface area (Å²) in [5, 5.41) is 25.1. The van der Waals surface area contributed by atoms with Crippen LogP contribution in [0.25, 0.3) is 0 Å². The molecule has 1 aromatic heterocycles. The third-order valence-electron chi connectivity index (χ3n) is 3.90. The number of aliphatic carboxylic acids is 2. The molecule has 29 heavy (non-hydrogen) atoms. The van der Waals surface area contributed by atoms with E-state index in [1.165, 1.54) is 45.8 Å². The van der Waals surface area contributed by atoms with Gasteiger partial charge < -0.3 is 20.4 Å². The average molecular weight is 458 g/mol. The van der Waals surface area contributed by atoms with Crippen LogP contribution in [-0.4, -0.2) is 79.6 Å². The highest BCUT2D eigenvalue weighted by Crippen LogP contribution is 2.42. The Morgan fingerprint density at radius 2 is 2.21 bits per heavy atom. The number of oxime groups is 1. The number of thioether (sulfide) groups is 2. The van der Waals surface area contributed by atoms with Gasteiger partial charge in [0.05, 0.1) is 5.51 Å². The Hall–Kier alpha value is -2.58. The molecule has 1 aromatic rings. The number of aromatic nitrogens is 1. The van der Waals surface area contributed by atoms with Gasteiger partial charge in [-0.15, -0.1) is 34.9 Å². The van der Waals surface area contributed by atoms with E-state index in [0.29, 0.717) is 10.7 Å². The Kier molecular flexibility index (Phi) is 6.44. The van der Waals surface area contributed by atoms with Crippen LogP contribution in [0, 0.1) is 0 Å². The molecule has 2 aliphatic heterocycles. The summed E-state index contributed by atoms with van der Waals surface area (Å²) >= 11 is 3.79. The Labute approximate surface area is 176 Å². The second-order valence-electron chi connectivity index (χ2n) is 5.62. The number of β-lactam (4-membered cyclic amide) rings is 1. The Morgan fingerprint density at radius 3 is 2.79 bits per heavy atom. The molecular weight excluding hydrogens is 444 g/mol. The van der Waals surface area contributed by atoms with Crippen molar-refractivity contribution in [1.29, 1.82) is 0 Å². The normalized spacial score (nSPS) is 21.3. The van der Waals surface area contributed by atoms with Crippen LogP contribution in [0.1, 0.15) is 5.69 Å². The number of rotatable bonds is 8. The molecule has 3 heterocycles. The summed E-state index contributed by atoms with van der Waals surface area (Å²) < 4.78 is 0. The quantitative estimate of drug-likeness (QED) is 0.275. The van der Waals surface area contributed by atoms with Crippen LogP contribution in [0.2, 0.25) is 0 Å². The first-order chi connectivity index (χ1) is 13.8. The van der Waals surface area contributed by atoms with E-state index in [9.17, 15) is 24.3 Å². The Balaban J connectivity index is 1.77. The predicted octanol–water partition coefficient (Wildman–Crippen LogP) is 0.00750. The van der Waals surface area contributed by atoms with Gasteiger partial charge in [-0.25, -0.2) is 14.6 Å². The molecule has 0 aromatic carbocycles. The molecule has 0 radical (unpaired) electrons. The van der Waals surface area contributed by atoms with Crippen molar-refractivity contribution < 1.29 is 34.2 Å². The summed E-state index contributed by atoms with van der Waals surface area (Å²) in [5.41, 5.74) is 1.26. The number of nitrogens with one attached hydrogen (secondary N) is 1. The van der Waals surface area contributed by atoms with E-state index in [4.69, 9.17) is 5.11 Å². The minimum atomic E-state index is -1.27. The van der Waals surface area contributed by atoms with Crippen LogP contribution in [0.3, 0.4) is 0 Å². The van der Waals surface area contributed by atoms with Gasteiger partial charge in [0.15, 0.2) is 5.71 Å². The number of hydrogen-bond acceptors (Lipinski definition) is 10. The zero-order chi connectivity index (χ0) is 21.1. The van der Waals surface area contributed by atoms with Crippen LogP contribution < -0.4 is 5.32 Å². The zero-order valence-corrected chi connectivity index (χ0v) is 17.2. The van der Waals surface area contributed by atoms with E-state index in [0.717, 1.165) is 4.90 Å². The van der Waals surface area contributed by atoms with Gasteiger partial charge in [0.25, 0.3) is 11.8 Å². The summed E-state index contributed by atoms with van der Waals surface area (Å²) in [7, 11) is 0. The maximum atomic E-state index is 12.7. The highest BCUT2D eigenvalue weighted by molar-refractivity contribution is 8.05. The highest BCUT2D eigenvalue weighted by Gasteiger charge is 2.54. The number of carbonyl (C=O) groups is 4. The number of thiazole rings is 1. The first-order valence-corrected chi connectivity index (χ1v) is 11.1. The largest absolute Gasteiger partial charge is 0.479 e. The van der Waals surface area contributed by atoms with Crippen molar-refractivity contribution in [3.63, 3.8) is 0 Å². The second-order valence-corrected chi connectivity index (χ2v) is 8.35. The number of nitrogens with zero attached hydrogens (tertiary/aromatic N) is 3. The molecular formula is C15H14N4O7S3. The number of fused-ring (bicyclic) bond motifs is 1.